The van der Waals surface area contributed by atoms with Gasteiger partial charge in [0, 0.05) is 26.2 Å². The van der Waals surface area contributed by atoms with Gasteiger partial charge in [-0.15, -0.1) is 0 Å². The van der Waals surface area contributed by atoms with Crippen molar-refractivity contribution in [2.24, 2.45) is 5.92 Å². The lowest BCUT2D eigenvalue weighted by molar-refractivity contribution is -0.192. The molecule has 0 aromatic carbocycles. The predicted molar refractivity (Wildman–Crippen MR) is 48.6 cm³/mol. The van der Waals surface area contributed by atoms with Crippen LogP contribution in [0.5, 0.6) is 0 Å². The van der Waals surface area contributed by atoms with Crippen LogP contribution in [0, 0.1) is 5.92 Å². The minimum absolute atomic E-state index is 0.00637. The molecule has 0 aromatic heterocycles. The van der Waals surface area contributed by atoms with E-state index in [9.17, 15) is 4.79 Å². The van der Waals surface area contributed by atoms with E-state index in [4.69, 9.17) is 9.57 Å². The SMILES string of the molecule is O=C1CCN2OCC1C21CCOCC1. The standard InChI is InChI=1S/C10H15NO3/c12-9-1-4-11-10(8(9)7-14-11)2-5-13-6-3-10/h8H,1-7H2. The van der Waals surface area contributed by atoms with Crippen molar-refractivity contribution in [1.82, 2.24) is 5.06 Å². The Balaban J connectivity index is 1.93. The molecule has 4 heteroatoms. The topological polar surface area (TPSA) is 38.8 Å². The zero-order chi connectivity index (χ0) is 9.60. The van der Waals surface area contributed by atoms with E-state index in [1.165, 1.54) is 0 Å². The van der Waals surface area contributed by atoms with Crippen LogP contribution >= 0.6 is 0 Å². The predicted octanol–water partition coefficient (Wildman–Crippen LogP) is 0.372. The van der Waals surface area contributed by atoms with Gasteiger partial charge in [-0.05, 0) is 12.8 Å². The molecule has 0 aliphatic carbocycles. The average Bonchev–Trinajstić information content (AvgIpc) is 2.42. The Morgan fingerprint density at radius 3 is 2.93 bits per heavy atom. The van der Waals surface area contributed by atoms with Crippen molar-refractivity contribution >= 4 is 5.78 Å². The maximum Gasteiger partial charge on any atom is 0.141 e. The summed E-state index contributed by atoms with van der Waals surface area (Å²) in [6, 6.07) is 0. The number of nitrogens with zero attached hydrogens (tertiary/aromatic N) is 1. The Kier molecular flexibility index (Phi) is 1.90. The third-order valence-corrected chi connectivity index (χ3v) is 3.85. The van der Waals surface area contributed by atoms with Crippen LogP contribution in [0.15, 0.2) is 0 Å². The molecule has 0 aromatic rings. The van der Waals surface area contributed by atoms with E-state index in [0.717, 1.165) is 32.6 Å². The molecule has 2 unspecified atom stereocenters. The molecule has 3 aliphatic rings. The molecule has 3 heterocycles. The van der Waals surface area contributed by atoms with Crippen LogP contribution in [-0.4, -0.2) is 42.8 Å². The smallest absolute Gasteiger partial charge is 0.141 e. The fourth-order valence-electron chi connectivity index (χ4n) is 3.01. The monoisotopic (exact) mass is 197 g/mol. The second kappa shape index (κ2) is 3.02. The first-order valence-corrected chi connectivity index (χ1v) is 5.34. The number of carbonyl (C=O) groups is 1. The van der Waals surface area contributed by atoms with Crippen molar-refractivity contribution in [1.29, 1.82) is 0 Å². The van der Waals surface area contributed by atoms with Crippen LogP contribution in [0.2, 0.25) is 0 Å². The summed E-state index contributed by atoms with van der Waals surface area (Å²) in [4.78, 5) is 17.4. The van der Waals surface area contributed by atoms with Gasteiger partial charge in [-0.3, -0.25) is 9.63 Å². The zero-order valence-electron chi connectivity index (χ0n) is 8.20. The van der Waals surface area contributed by atoms with Crippen molar-refractivity contribution in [3.63, 3.8) is 0 Å². The van der Waals surface area contributed by atoms with Crippen molar-refractivity contribution < 1.29 is 14.4 Å². The molecule has 0 saturated carbocycles. The summed E-state index contributed by atoms with van der Waals surface area (Å²) in [5, 5.41) is 2.06. The molecule has 2 bridgehead atoms. The van der Waals surface area contributed by atoms with Gasteiger partial charge in [-0.2, -0.15) is 5.06 Å². The summed E-state index contributed by atoms with van der Waals surface area (Å²) < 4.78 is 5.36. The van der Waals surface area contributed by atoms with Crippen LogP contribution in [0.3, 0.4) is 0 Å². The van der Waals surface area contributed by atoms with E-state index >= 15 is 0 Å². The second-order valence-corrected chi connectivity index (χ2v) is 4.38. The molecule has 0 amide bonds. The fourth-order valence-corrected chi connectivity index (χ4v) is 3.01. The van der Waals surface area contributed by atoms with Crippen LogP contribution in [0.25, 0.3) is 0 Å². The van der Waals surface area contributed by atoms with Crippen LogP contribution < -0.4 is 0 Å². The summed E-state index contributed by atoms with van der Waals surface area (Å²) in [5.41, 5.74) is -0.00637. The van der Waals surface area contributed by atoms with Gasteiger partial charge >= 0.3 is 0 Å². The molecule has 3 saturated heterocycles. The highest BCUT2D eigenvalue weighted by Crippen LogP contribution is 2.44. The molecule has 2 atom stereocenters. The largest absolute Gasteiger partial charge is 0.381 e. The third kappa shape index (κ3) is 1.02. The second-order valence-electron chi connectivity index (χ2n) is 4.38. The van der Waals surface area contributed by atoms with E-state index in [2.05, 4.69) is 5.06 Å². The summed E-state index contributed by atoms with van der Waals surface area (Å²) in [6.07, 6.45) is 2.56. The molecular formula is C10H15NO3. The molecule has 4 nitrogen and oxygen atoms in total. The highest BCUT2D eigenvalue weighted by molar-refractivity contribution is 5.84. The van der Waals surface area contributed by atoms with Gasteiger partial charge in [0.25, 0.3) is 0 Å². The Hall–Kier alpha value is -0.450. The first-order chi connectivity index (χ1) is 6.83. The first-order valence-electron chi connectivity index (χ1n) is 5.34. The minimum Gasteiger partial charge on any atom is -0.381 e. The number of rotatable bonds is 0. The number of Topliss-reactive ketones (excluding diaryl/α,β-unsaturated/α-hetero) is 1. The molecular weight excluding hydrogens is 182 g/mol. The number of piperidine rings is 1. The quantitative estimate of drug-likeness (QED) is 0.562. The maximum absolute atomic E-state index is 11.8. The maximum atomic E-state index is 11.8. The Morgan fingerprint density at radius 2 is 2.14 bits per heavy atom. The molecule has 0 N–H and O–H groups in total. The van der Waals surface area contributed by atoms with Crippen LogP contribution in [-0.2, 0) is 14.4 Å². The van der Waals surface area contributed by atoms with E-state index in [0.29, 0.717) is 18.8 Å². The molecule has 3 aliphatic heterocycles. The molecule has 3 rings (SSSR count). The summed E-state index contributed by atoms with van der Waals surface area (Å²) in [5.74, 6) is 0.501. The lowest BCUT2D eigenvalue weighted by Gasteiger charge is -2.44. The molecule has 78 valence electrons. The van der Waals surface area contributed by atoms with Crippen molar-refractivity contribution in [2.75, 3.05) is 26.4 Å². The summed E-state index contributed by atoms with van der Waals surface area (Å²) in [6.45, 7) is 2.90. The van der Waals surface area contributed by atoms with Gasteiger partial charge in [0.2, 0.25) is 0 Å². The van der Waals surface area contributed by atoms with Gasteiger partial charge in [0.1, 0.15) is 5.78 Å². The molecule has 3 fully saturated rings. The van der Waals surface area contributed by atoms with Crippen LogP contribution in [0.1, 0.15) is 19.3 Å². The van der Waals surface area contributed by atoms with E-state index < -0.39 is 0 Å². The lowest BCUT2D eigenvalue weighted by Crippen LogP contribution is -2.57. The molecule has 0 radical (unpaired) electrons. The van der Waals surface area contributed by atoms with E-state index in [-0.39, 0.29) is 11.5 Å². The number of carbonyl (C=O) groups excluding carboxylic acids is 1. The van der Waals surface area contributed by atoms with Gasteiger partial charge in [-0.25, -0.2) is 0 Å². The zero-order valence-corrected chi connectivity index (χ0v) is 8.20. The minimum atomic E-state index is -0.00637. The number of hydrogen-bond acceptors (Lipinski definition) is 4. The Bertz CT molecular complexity index is 260. The molecule has 1 spiro atoms. The normalized spacial score (nSPS) is 40.4. The van der Waals surface area contributed by atoms with Crippen molar-refractivity contribution in [3.05, 3.63) is 0 Å². The number of hydrogen-bond donors (Lipinski definition) is 0. The summed E-state index contributed by atoms with van der Waals surface area (Å²) in [7, 11) is 0. The first kappa shape index (κ1) is 8.83. The van der Waals surface area contributed by atoms with Crippen LogP contribution in [0.4, 0.5) is 0 Å². The Morgan fingerprint density at radius 1 is 1.36 bits per heavy atom. The Labute approximate surface area is 83.1 Å². The number of ether oxygens (including phenoxy) is 1. The highest BCUT2D eigenvalue weighted by atomic mass is 16.7. The van der Waals surface area contributed by atoms with Gasteiger partial charge in [0.15, 0.2) is 0 Å². The third-order valence-electron chi connectivity index (χ3n) is 3.85. The lowest BCUT2D eigenvalue weighted by atomic mass is 9.73. The summed E-state index contributed by atoms with van der Waals surface area (Å²) >= 11 is 0. The van der Waals surface area contributed by atoms with E-state index in [1.54, 1.807) is 0 Å². The number of hydroxylamine groups is 2. The highest BCUT2D eigenvalue weighted by Gasteiger charge is 2.56. The molecule has 14 heavy (non-hydrogen) atoms. The van der Waals surface area contributed by atoms with Gasteiger partial charge in [-0.1, -0.05) is 0 Å². The van der Waals surface area contributed by atoms with Gasteiger partial charge < -0.3 is 4.74 Å². The van der Waals surface area contributed by atoms with Gasteiger partial charge in [0.05, 0.1) is 18.1 Å². The van der Waals surface area contributed by atoms with Crippen molar-refractivity contribution in [3.8, 4) is 0 Å². The van der Waals surface area contributed by atoms with E-state index in [1.807, 2.05) is 0 Å². The average molecular weight is 197 g/mol. The fraction of sp³-hybridized carbons (Fsp3) is 0.900. The number of ketones is 1. The van der Waals surface area contributed by atoms with Crippen molar-refractivity contribution in [2.45, 2.75) is 24.8 Å².